The van der Waals surface area contributed by atoms with Crippen molar-refractivity contribution < 1.29 is 0 Å². The number of halogens is 1. The minimum absolute atomic E-state index is 0. The topological polar surface area (TPSA) is 3.24 Å². The van der Waals surface area contributed by atoms with Gasteiger partial charge in [0.1, 0.15) is 0 Å². The van der Waals surface area contributed by atoms with Gasteiger partial charge in [0.25, 0.3) is 0 Å². The van der Waals surface area contributed by atoms with Gasteiger partial charge in [0, 0.05) is 11.8 Å². The molecule has 1 unspecified atom stereocenters. The molecule has 1 aromatic rings. The standard InChI is InChI=1S/C13H19NS.ClH/c15-13(12-7-3-1-4-8-12)11-14-9-5-2-6-10-14;/h1,3-4,7-8,13,15H,2,5-6,9-11H2;1H. The normalized spacial score (nSPS) is 18.8. The summed E-state index contributed by atoms with van der Waals surface area (Å²) < 4.78 is 0. The first-order chi connectivity index (χ1) is 7.36. The van der Waals surface area contributed by atoms with Crippen LogP contribution in [0, 0.1) is 0 Å². The summed E-state index contributed by atoms with van der Waals surface area (Å²) in [5.41, 5.74) is 1.34. The van der Waals surface area contributed by atoms with Gasteiger partial charge in [-0.3, -0.25) is 0 Å². The fraction of sp³-hybridized carbons (Fsp3) is 0.538. The lowest BCUT2D eigenvalue weighted by molar-refractivity contribution is 0.230. The lowest BCUT2D eigenvalue weighted by Gasteiger charge is -2.28. The Kier molecular flexibility index (Phi) is 6.25. The van der Waals surface area contributed by atoms with E-state index in [0.717, 1.165) is 6.54 Å². The third-order valence-electron chi connectivity index (χ3n) is 3.06. The van der Waals surface area contributed by atoms with E-state index in [1.54, 1.807) is 0 Å². The van der Waals surface area contributed by atoms with Gasteiger partial charge in [0.15, 0.2) is 0 Å². The van der Waals surface area contributed by atoms with E-state index in [1.165, 1.54) is 37.9 Å². The maximum absolute atomic E-state index is 4.69. The largest absolute Gasteiger partial charge is 0.302 e. The average molecular weight is 258 g/mol. The van der Waals surface area contributed by atoms with Crippen LogP contribution in [0.3, 0.4) is 0 Å². The quantitative estimate of drug-likeness (QED) is 0.811. The number of piperidine rings is 1. The van der Waals surface area contributed by atoms with Crippen molar-refractivity contribution in [1.29, 1.82) is 0 Å². The Morgan fingerprint density at radius 3 is 2.31 bits per heavy atom. The molecule has 3 heteroatoms. The van der Waals surface area contributed by atoms with Crippen molar-refractivity contribution in [2.75, 3.05) is 19.6 Å². The molecule has 16 heavy (non-hydrogen) atoms. The number of benzene rings is 1. The zero-order chi connectivity index (χ0) is 10.5. The summed E-state index contributed by atoms with van der Waals surface area (Å²) in [7, 11) is 0. The van der Waals surface area contributed by atoms with E-state index in [4.69, 9.17) is 0 Å². The van der Waals surface area contributed by atoms with Crippen LogP contribution in [0.2, 0.25) is 0 Å². The highest BCUT2D eigenvalue weighted by atomic mass is 35.5. The third kappa shape index (κ3) is 4.00. The number of nitrogens with zero attached hydrogens (tertiary/aromatic N) is 1. The summed E-state index contributed by atoms with van der Waals surface area (Å²) >= 11 is 4.69. The second kappa shape index (κ2) is 7.21. The van der Waals surface area contributed by atoms with Crippen LogP contribution < -0.4 is 0 Å². The molecule has 0 radical (unpaired) electrons. The maximum atomic E-state index is 4.69. The van der Waals surface area contributed by atoms with Crippen LogP contribution in [0.15, 0.2) is 30.3 Å². The van der Waals surface area contributed by atoms with Crippen molar-refractivity contribution in [3.63, 3.8) is 0 Å². The van der Waals surface area contributed by atoms with Crippen LogP contribution in [0.5, 0.6) is 0 Å². The monoisotopic (exact) mass is 257 g/mol. The number of hydrogen-bond acceptors (Lipinski definition) is 2. The molecule has 1 aliphatic heterocycles. The minimum Gasteiger partial charge on any atom is -0.302 e. The number of likely N-dealkylation sites (tertiary alicyclic amines) is 1. The smallest absolute Gasteiger partial charge is 0.0394 e. The summed E-state index contributed by atoms with van der Waals surface area (Å²) in [6.07, 6.45) is 4.11. The Morgan fingerprint density at radius 1 is 1.06 bits per heavy atom. The van der Waals surface area contributed by atoms with Crippen molar-refractivity contribution in [2.45, 2.75) is 24.5 Å². The van der Waals surface area contributed by atoms with Crippen LogP contribution in [0.25, 0.3) is 0 Å². The van der Waals surface area contributed by atoms with Gasteiger partial charge >= 0.3 is 0 Å². The van der Waals surface area contributed by atoms with Crippen LogP contribution in [0.1, 0.15) is 30.1 Å². The fourth-order valence-corrected chi connectivity index (χ4v) is 2.57. The van der Waals surface area contributed by atoms with E-state index in [-0.39, 0.29) is 12.4 Å². The SMILES string of the molecule is Cl.SC(CN1CCCCC1)c1ccccc1. The molecule has 90 valence electrons. The van der Waals surface area contributed by atoms with Crippen LogP contribution in [0.4, 0.5) is 0 Å². The third-order valence-corrected chi connectivity index (χ3v) is 3.53. The van der Waals surface area contributed by atoms with Crippen LogP contribution in [-0.4, -0.2) is 24.5 Å². The molecule has 1 saturated heterocycles. The minimum atomic E-state index is 0. The zero-order valence-corrected chi connectivity index (χ0v) is 11.2. The molecule has 1 nitrogen and oxygen atoms in total. The highest BCUT2D eigenvalue weighted by molar-refractivity contribution is 7.80. The fourth-order valence-electron chi connectivity index (χ4n) is 2.17. The molecule has 0 saturated carbocycles. The molecule has 1 aromatic carbocycles. The maximum Gasteiger partial charge on any atom is 0.0394 e. The zero-order valence-electron chi connectivity index (χ0n) is 9.51. The lowest BCUT2D eigenvalue weighted by atomic mass is 10.1. The summed E-state index contributed by atoms with van der Waals surface area (Å²) in [5.74, 6) is 0. The number of thiol groups is 1. The van der Waals surface area contributed by atoms with Gasteiger partial charge in [-0.05, 0) is 31.5 Å². The van der Waals surface area contributed by atoms with Crippen molar-refractivity contribution in [1.82, 2.24) is 4.90 Å². The van der Waals surface area contributed by atoms with E-state index >= 15 is 0 Å². The Morgan fingerprint density at radius 2 is 1.69 bits per heavy atom. The van der Waals surface area contributed by atoms with Gasteiger partial charge in [-0.15, -0.1) is 12.4 Å². The summed E-state index contributed by atoms with van der Waals surface area (Å²) in [6, 6.07) is 10.6. The van der Waals surface area contributed by atoms with Gasteiger partial charge in [0.2, 0.25) is 0 Å². The Labute approximate surface area is 110 Å². The predicted octanol–water partition coefficient (Wildman–Crippen LogP) is 3.57. The lowest BCUT2D eigenvalue weighted by Crippen LogP contribution is -2.32. The predicted molar refractivity (Wildman–Crippen MR) is 75.7 cm³/mol. The Bertz CT molecular complexity index is 285. The van der Waals surface area contributed by atoms with E-state index in [1.807, 2.05) is 0 Å². The first kappa shape index (κ1) is 13.9. The first-order valence-electron chi connectivity index (χ1n) is 5.81. The molecular formula is C13H20ClNS. The van der Waals surface area contributed by atoms with Crippen molar-refractivity contribution in [2.24, 2.45) is 0 Å². The number of rotatable bonds is 3. The van der Waals surface area contributed by atoms with Crippen LogP contribution in [-0.2, 0) is 0 Å². The molecule has 0 aromatic heterocycles. The van der Waals surface area contributed by atoms with Crippen molar-refractivity contribution in [3.05, 3.63) is 35.9 Å². The van der Waals surface area contributed by atoms with E-state index in [0.29, 0.717) is 5.25 Å². The van der Waals surface area contributed by atoms with Gasteiger partial charge in [-0.2, -0.15) is 12.6 Å². The average Bonchev–Trinajstić information content (AvgIpc) is 2.31. The van der Waals surface area contributed by atoms with E-state index in [2.05, 4.69) is 47.9 Å². The Balaban J connectivity index is 0.00000128. The number of hydrogen-bond donors (Lipinski definition) is 1. The van der Waals surface area contributed by atoms with E-state index < -0.39 is 0 Å². The molecule has 0 spiro atoms. The summed E-state index contributed by atoms with van der Waals surface area (Å²) in [5, 5.41) is 0.365. The van der Waals surface area contributed by atoms with Gasteiger partial charge in [0.05, 0.1) is 0 Å². The molecule has 1 aliphatic rings. The van der Waals surface area contributed by atoms with E-state index in [9.17, 15) is 0 Å². The van der Waals surface area contributed by atoms with Gasteiger partial charge < -0.3 is 4.90 Å². The van der Waals surface area contributed by atoms with Crippen molar-refractivity contribution in [3.8, 4) is 0 Å². The molecule has 0 amide bonds. The molecule has 0 aliphatic carbocycles. The summed E-state index contributed by atoms with van der Waals surface area (Å²) in [6.45, 7) is 3.60. The first-order valence-corrected chi connectivity index (χ1v) is 6.33. The molecule has 0 N–H and O–H groups in total. The van der Waals surface area contributed by atoms with Gasteiger partial charge in [-0.1, -0.05) is 36.8 Å². The molecule has 2 rings (SSSR count). The molecule has 1 fully saturated rings. The molecule has 1 heterocycles. The second-order valence-corrected chi connectivity index (χ2v) is 4.91. The highest BCUT2D eigenvalue weighted by Gasteiger charge is 2.14. The molecule has 0 bridgehead atoms. The summed E-state index contributed by atoms with van der Waals surface area (Å²) in [4.78, 5) is 2.54. The van der Waals surface area contributed by atoms with Crippen LogP contribution >= 0.6 is 25.0 Å². The highest BCUT2D eigenvalue weighted by Crippen LogP contribution is 2.22. The van der Waals surface area contributed by atoms with Gasteiger partial charge in [-0.25, -0.2) is 0 Å². The second-order valence-electron chi connectivity index (χ2n) is 4.29. The molecular weight excluding hydrogens is 238 g/mol. The van der Waals surface area contributed by atoms with Crippen molar-refractivity contribution >= 4 is 25.0 Å². The Hall–Kier alpha value is -0.180. The molecule has 1 atom stereocenters.